The normalized spacial score (nSPS) is 48.6. The fourth-order valence-electron chi connectivity index (χ4n) is 16.0. The summed E-state index contributed by atoms with van der Waals surface area (Å²) in [4.78, 5) is 59.3. The summed E-state index contributed by atoms with van der Waals surface area (Å²) in [6.45, 7) is 30.1. The van der Waals surface area contributed by atoms with Crippen molar-refractivity contribution in [2.45, 2.75) is 327 Å². The Bertz CT molecular complexity index is 2560. The van der Waals surface area contributed by atoms with Gasteiger partial charge < -0.3 is 113 Å². The average Bonchev–Trinajstić information content (AvgIpc) is 0.782. The zero-order valence-electron chi connectivity index (χ0n) is 63.8. The fraction of sp³-hybridized carbons (Fsp3) is 0.944. The van der Waals surface area contributed by atoms with Crippen LogP contribution in [0, 0.1) is 53.3 Å². The molecule has 6 fully saturated rings. The van der Waals surface area contributed by atoms with E-state index in [1.807, 2.05) is 58.8 Å². The van der Waals surface area contributed by atoms with Gasteiger partial charge in [-0.1, -0.05) is 62.3 Å². The number of cyclic esters (lactones) is 2. The third kappa shape index (κ3) is 20.5. The van der Waals surface area contributed by atoms with Crippen molar-refractivity contribution >= 4 is 23.5 Å². The van der Waals surface area contributed by atoms with Crippen molar-refractivity contribution in [1.29, 1.82) is 0 Å². The molecule has 0 aromatic carbocycles. The number of hydrogen-bond acceptors (Lipinski definition) is 27. The molecule has 0 amide bonds. The van der Waals surface area contributed by atoms with Gasteiger partial charge in [0, 0.05) is 80.6 Å². The Balaban J connectivity index is 0.000000357. The summed E-state index contributed by atoms with van der Waals surface area (Å²) in [6.07, 6.45) is -16.0. The molecule has 0 bridgehead atoms. The van der Waals surface area contributed by atoms with Crippen LogP contribution < -0.4 is 0 Å². The molecule has 578 valence electrons. The second-order valence-electron chi connectivity index (χ2n) is 31.8. The first-order valence-corrected chi connectivity index (χ1v) is 36.0. The number of Topliss-reactive ketones (excluding diaryl/α,β-unsaturated/α-hetero) is 2. The molecule has 0 radical (unpaired) electrons. The predicted octanol–water partition coefficient (Wildman–Crippen LogP) is 3.68. The molecule has 8 unspecified atom stereocenters. The molecule has 6 rings (SSSR count). The van der Waals surface area contributed by atoms with Crippen molar-refractivity contribution in [2.75, 3.05) is 55.6 Å². The topological polar surface area (TPSA) is 368 Å². The highest BCUT2D eigenvalue weighted by atomic mass is 16.7. The summed E-state index contributed by atoms with van der Waals surface area (Å²) in [5.74, 6) is -9.51. The molecule has 6 heterocycles. The van der Waals surface area contributed by atoms with E-state index in [1.165, 1.54) is 35.0 Å². The van der Waals surface area contributed by atoms with E-state index in [0.717, 1.165) is 0 Å². The first-order chi connectivity index (χ1) is 45.7. The SMILES string of the molecule is CC[C@H]1OC(=O)[C@H](C)C(OC2C[C@@](C)(OC)C(O)CO2)[C@H](C)[C@@H](OC2O[C@H](C)C[C@H](N(C)C)[C@H]2O)[C@](C)(O)C[C@@H](C)C(=O)[C@H](C)[C@@H](O)[C@H]1C.CC[C@H]1OC(=O)[C@H](C)C(OC2C[C@@](C)(OC)C(O)CO2)[C@H](C)[C@@H](OC2O[C@H](C)C[C@H](N(C)C)[C@H]2O)[C@](C)(O)C[C@@H](C)C(=O)[C@H](C)[C@@H](O)[C@]1(C)O. The lowest BCUT2D eigenvalue weighted by Crippen LogP contribution is -2.60. The molecule has 34 atom stereocenters. The average molecular weight is 1420 g/mol. The Morgan fingerprint density at radius 3 is 1.21 bits per heavy atom. The molecular formula is C72H130N2O25. The lowest BCUT2D eigenvalue weighted by Gasteiger charge is -2.48. The molecule has 6 aliphatic rings. The van der Waals surface area contributed by atoms with Gasteiger partial charge in [0.25, 0.3) is 0 Å². The zero-order chi connectivity index (χ0) is 75.3. The fourth-order valence-corrected chi connectivity index (χ4v) is 16.0. The summed E-state index contributed by atoms with van der Waals surface area (Å²) in [5.41, 5.74) is -7.50. The number of ketones is 2. The molecule has 0 saturated carbocycles. The number of methoxy groups -OCH3 is 2. The molecule has 6 saturated heterocycles. The lowest BCUT2D eigenvalue weighted by molar-refractivity contribution is -0.311. The molecule has 0 spiro atoms. The molecule has 9 N–H and O–H groups in total. The van der Waals surface area contributed by atoms with Gasteiger partial charge in [-0.2, -0.15) is 0 Å². The number of carbonyl (C=O) groups excluding carboxylic acids is 4. The van der Waals surface area contributed by atoms with E-state index >= 15 is 0 Å². The van der Waals surface area contributed by atoms with E-state index < -0.39 is 197 Å². The van der Waals surface area contributed by atoms with Crippen LogP contribution in [0.5, 0.6) is 0 Å². The van der Waals surface area contributed by atoms with Gasteiger partial charge >= 0.3 is 11.9 Å². The van der Waals surface area contributed by atoms with Crippen LogP contribution in [0.15, 0.2) is 0 Å². The quantitative estimate of drug-likeness (QED) is 0.112. The summed E-state index contributed by atoms with van der Waals surface area (Å²) >= 11 is 0. The van der Waals surface area contributed by atoms with Crippen LogP contribution in [-0.2, 0) is 76.0 Å². The first kappa shape index (κ1) is 87.1. The number of aliphatic hydroxyl groups is 9. The number of carbonyl (C=O) groups is 4. The van der Waals surface area contributed by atoms with Crippen LogP contribution in [0.1, 0.15) is 176 Å². The minimum atomic E-state index is -1.99. The van der Waals surface area contributed by atoms with Gasteiger partial charge in [0.2, 0.25) is 0 Å². The highest BCUT2D eigenvalue weighted by Gasteiger charge is 2.56. The maximum atomic E-state index is 14.0. The van der Waals surface area contributed by atoms with Gasteiger partial charge in [-0.15, -0.1) is 0 Å². The molecule has 0 aromatic heterocycles. The summed E-state index contributed by atoms with van der Waals surface area (Å²) in [5, 5.41) is 103. The van der Waals surface area contributed by atoms with E-state index in [4.69, 9.17) is 56.8 Å². The molecule has 0 aromatic rings. The first-order valence-electron chi connectivity index (χ1n) is 36.0. The predicted molar refractivity (Wildman–Crippen MR) is 362 cm³/mol. The minimum absolute atomic E-state index is 0.0433. The number of rotatable bonds is 14. The Kier molecular flexibility index (Phi) is 31.4. The van der Waals surface area contributed by atoms with Gasteiger partial charge in [-0.05, 0) is 129 Å². The van der Waals surface area contributed by atoms with Crippen molar-refractivity contribution in [3.8, 4) is 0 Å². The number of likely N-dealkylation sites (N-methyl/N-ethyl adjacent to an activating group) is 2. The summed E-state index contributed by atoms with van der Waals surface area (Å²) < 4.78 is 73.6. The number of hydrogen-bond donors (Lipinski definition) is 9. The zero-order valence-corrected chi connectivity index (χ0v) is 63.8. The molecule has 27 heteroatoms. The second-order valence-corrected chi connectivity index (χ2v) is 31.8. The maximum absolute atomic E-state index is 14.0. The van der Waals surface area contributed by atoms with E-state index in [-0.39, 0.29) is 75.4 Å². The Morgan fingerprint density at radius 2 is 0.859 bits per heavy atom. The van der Waals surface area contributed by atoms with Crippen LogP contribution in [0.3, 0.4) is 0 Å². The van der Waals surface area contributed by atoms with Crippen LogP contribution in [0.4, 0.5) is 0 Å². The molecular weight excluding hydrogens is 1290 g/mol. The number of esters is 2. The van der Waals surface area contributed by atoms with Crippen LogP contribution in [0.2, 0.25) is 0 Å². The third-order valence-electron chi connectivity index (χ3n) is 23.0. The molecule has 0 aliphatic carbocycles. The van der Waals surface area contributed by atoms with Crippen molar-refractivity contribution in [1.82, 2.24) is 9.80 Å². The lowest BCUT2D eigenvalue weighted by atomic mass is 9.74. The van der Waals surface area contributed by atoms with Gasteiger partial charge in [0.1, 0.15) is 53.8 Å². The number of ether oxygens (including phenoxy) is 12. The Hall–Kier alpha value is -2.56. The number of nitrogens with zero attached hydrogens (tertiary/aromatic N) is 2. The summed E-state index contributed by atoms with van der Waals surface area (Å²) in [6, 6.07) is -0.614. The largest absolute Gasteiger partial charge is 0.462 e. The molecule has 99 heavy (non-hydrogen) atoms. The van der Waals surface area contributed by atoms with Crippen LogP contribution in [0.25, 0.3) is 0 Å². The Morgan fingerprint density at radius 1 is 0.485 bits per heavy atom. The van der Waals surface area contributed by atoms with E-state index in [9.17, 15) is 65.1 Å². The van der Waals surface area contributed by atoms with Gasteiger partial charge in [-0.3, -0.25) is 19.2 Å². The standard InChI is InChI=1S/C36H65NO13.C36H65NO12/c1-13-25-36(9,44)30(41)20(4)27(39)18(2)15-34(7,43)31(50-33-28(40)23(37(10)11)14-19(3)47-33)21(5)29(22(6)32(42)48-25)49-26-16-35(8,45-12)24(38)17-46-26;1-13-25-20(4)29(40)21(5)28(39)18(2)15-35(8,43)32(49-34-30(41)24(37(10)11)14-19(3)46-34)22(6)31(23(7)33(42)47-25)48-27-16-36(9,44-12)26(38)17-45-27/h18-26,28-31,33,38,40-41,43-44H,13-17H2,1-12H3;18-27,29-32,34,38,40-41,43H,13-17H2,1-12H3/t18-,19-,20+,21+,22-,23+,24?,25-,26?,28-,29?,30-,31-,33?,34-,35-,36-;18-,19-,20+,21+,22+,23-,24+,25-,26?,27?,29+,30-,31?,32-,34?,35-,36-/m11/s1. The van der Waals surface area contributed by atoms with Crippen molar-refractivity contribution in [3.05, 3.63) is 0 Å². The van der Waals surface area contributed by atoms with E-state index in [2.05, 4.69) is 0 Å². The monoisotopic (exact) mass is 1420 g/mol. The van der Waals surface area contributed by atoms with Gasteiger partial charge in [0.05, 0.1) is 96.3 Å². The Labute approximate surface area is 588 Å². The molecule has 27 nitrogen and oxygen atoms in total. The van der Waals surface area contributed by atoms with Gasteiger partial charge in [0.15, 0.2) is 25.2 Å². The minimum Gasteiger partial charge on any atom is -0.462 e. The van der Waals surface area contributed by atoms with E-state index in [1.54, 1.807) is 83.1 Å². The number of aliphatic hydroxyl groups excluding tert-OH is 6. The van der Waals surface area contributed by atoms with E-state index in [0.29, 0.717) is 19.3 Å². The van der Waals surface area contributed by atoms with Crippen molar-refractivity contribution < 1.29 is 122 Å². The second kappa shape index (κ2) is 35.7. The third-order valence-corrected chi connectivity index (χ3v) is 23.0. The van der Waals surface area contributed by atoms with Crippen LogP contribution >= 0.6 is 0 Å². The smallest absolute Gasteiger partial charge is 0.311 e. The highest BCUT2D eigenvalue weighted by Crippen LogP contribution is 2.43. The van der Waals surface area contributed by atoms with Crippen LogP contribution in [-0.4, -0.2) is 286 Å². The van der Waals surface area contributed by atoms with Crippen molar-refractivity contribution in [2.24, 2.45) is 53.3 Å². The maximum Gasteiger partial charge on any atom is 0.311 e. The highest BCUT2D eigenvalue weighted by molar-refractivity contribution is 5.84. The summed E-state index contributed by atoms with van der Waals surface area (Å²) in [7, 11) is 10.4. The van der Waals surface area contributed by atoms with Crippen molar-refractivity contribution in [3.63, 3.8) is 0 Å². The molecule has 6 aliphatic heterocycles. The van der Waals surface area contributed by atoms with Gasteiger partial charge in [-0.25, -0.2) is 0 Å².